The number of methoxy groups -OCH3 is 1. The van der Waals surface area contributed by atoms with Crippen molar-refractivity contribution < 1.29 is 22.0 Å². The lowest BCUT2D eigenvalue weighted by Gasteiger charge is -1.96. The number of nitrogens with one attached hydrogen (secondary N) is 1. The van der Waals surface area contributed by atoms with Crippen molar-refractivity contribution in [2.24, 2.45) is 0 Å². The number of halogens is 4. The Morgan fingerprint density at radius 1 is 1.19 bits per heavy atom. The third kappa shape index (κ3) is 8.62. The van der Waals surface area contributed by atoms with E-state index in [-0.39, 0.29) is 0 Å². The summed E-state index contributed by atoms with van der Waals surface area (Å²) in [5, 5.41) is 10.9. The van der Waals surface area contributed by atoms with Crippen LogP contribution >= 0.6 is 0 Å². The van der Waals surface area contributed by atoms with E-state index >= 15 is 0 Å². The van der Waals surface area contributed by atoms with Gasteiger partial charge in [-0.05, 0) is 29.7 Å². The van der Waals surface area contributed by atoms with Crippen molar-refractivity contribution in [3.63, 3.8) is 0 Å². The van der Waals surface area contributed by atoms with E-state index in [1.54, 1.807) is 31.4 Å². The molecule has 0 amide bonds. The molecule has 0 aliphatic heterocycles. The van der Waals surface area contributed by atoms with Crippen LogP contribution in [0.3, 0.4) is 0 Å². The van der Waals surface area contributed by atoms with Crippen molar-refractivity contribution in [3.8, 4) is 5.75 Å². The summed E-state index contributed by atoms with van der Waals surface area (Å²) < 4.78 is 43.9. The van der Waals surface area contributed by atoms with Gasteiger partial charge in [0.25, 0.3) is 5.39 Å². The Kier molecular flexibility index (Phi) is 5.70. The van der Waals surface area contributed by atoms with Crippen molar-refractivity contribution in [2.75, 3.05) is 12.5 Å². The minimum absolute atomic E-state index is 0.716. The molecule has 0 bridgehead atoms. The van der Waals surface area contributed by atoms with Crippen molar-refractivity contribution in [3.05, 3.63) is 29.4 Å². The highest BCUT2D eigenvalue weighted by Crippen LogP contribution is 2.14. The van der Waals surface area contributed by atoms with Crippen LogP contribution in [-0.4, -0.2) is 14.4 Å². The predicted octanol–water partition coefficient (Wildman–Crippen LogP) is 3.18. The second-order valence-electron chi connectivity index (χ2n) is 2.44. The fraction of sp³-hybridized carbons (Fsp3) is 0.143. The van der Waals surface area contributed by atoms with Crippen LogP contribution in [0.15, 0.2) is 24.3 Å². The Labute approximate surface area is 88.9 Å². The molecule has 1 aromatic rings. The third-order valence-electron chi connectivity index (χ3n) is 1.27. The van der Waals surface area contributed by atoms with Gasteiger partial charge in [0, 0.05) is 0 Å². The van der Waals surface area contributed by atoms with Crippen molar-refractivity contribution >= 4 is 12.9 Å². The molecule has 88 valence electrons. The maximum atomic E-state index is 9.75. The van der Waals surface area contributed by atoms with Crippen molar-refractivity contribution in [2.45, 2.75) is 0 Å². The van der Waals surface area contributed by atoms with E-state index in [0.717, 1.165) is 5.75 Å². The molecule has 0 aliphatic carbocycles. The summed E-state index contributed by atoms with van der Waals surface area (Å²) in [6.45, 7) is 0. The van der Waals surface area contributed by atoms with Crippen LogP contribution < -0.4 is 10.2 Å². The summed E-state index contributed by atoms with van der Waals surface area (Å²) >= 11 is 0. The zero-order valence-corrected chi connectivity index (χ0v) is 8.20. The van der Waals surface area contributed by atoms with E-state index in [1.807, 2.05) is 0 Å². The lowest BCUT2D eigenvalue weighted by Crippen LogP contribution is -2.02. The van der Waals surface area contributed by atoms with Crippen LogP contribution in [-0.2, 0) is 0 Å². The fourth-order valence-corrected chi connectivity index (χ4v) is 0.723. The van der Waals surface area contributed by atoms with Gasteiger partial charge in [0.15, 0.2) is 0 Å². The molecule has 0 radical (unpaired) electrons. The van der Waals surface area contributed by atoms with E-state index in [9.17, 15) is 17.3 Å². The van der Waals surface area contributed by atoms with Gasteiger partial charge < -0.3 is 22.0 Å². The number of nitrogens with zero attached hydrogens (tertiary/aromatic N) is 2. The van der Waals surface area contributed by atoms with Gasteiger partial charge in [-0.2, -0.15) is 0 Å². The number of hydrogen-bond acceptors (Lipinski definition) is 3. The normalized spacial score (nSPS) is 9.50. The van der Waals surface area contributed by atoms with Gasteiger partial charge in [0.05, 0.1) is 7.11 Å². The molecule has 0 aliphatic rings. The second kappa shape index (κ2) is 6.50. The second-order valence-corrected chi connectivity index (χ2v) is 2.44. The Balaban J connectivity index is 0.000000385. The number of ether oxygens (including phenoxy) is 1. The number of hydrogen-bond donors (Lipinski definition) is 1. The first-order valence-electron chi connectivity index (χ1n) is 3.98. The SMILES string of the molecule is COc1ccc(N[N+]#N)cc1.F[B-](F)(F)F. The van der Waals surface area contributed by atoms with Crippen LogP contribution in [0.4, 0.5) is 23.0 Å². The standard InChI is InChI=1S/C7H8N3O.BF4/c1-11-7-4-2-6(3-5-7)9-10-8;2-1(3,4)5/h2-5,9H,1H3;/q+1;-1. The summed E-state index contributed by atoms with van der Waals surface area (Å²) in [6, 6.07) is 7.04. The number of diazo groups is 1. The van der Waals surface area contributed by atoms with Crippen LogP contribution in [0.25, 0.3) is 5.08 Å². The summed E-state index contributed by atoms with van der Waals surface area (Å²) in [7, 11) is -4.40. The van der Waals surface area contributed by atoms with Gasteiger partial charge in [0.2, 0.25) is 0 Å². The van der Waals surface area contributed by atoms with E-state index in [2.05, 4.69) is 10.5 Å². The van der Waals surface area contributed by atoms with Gasteiger partial charge in [-0.1, -0.05) is 0 Å². The van der Waals surface area contributed by atoms with Gasteiger partial charge >= 0.3 is 12.3 Å². The first kappa shape index (κ1) is 14.0. The molecule has 4 nitrogen and oxygen atoms in total. The minimum Gasteiger partial charge on any atom is -0.497 e. The zero-order valence-electron chi connectivity index (χ0n) is 8.20. The smallest absolute Gasteiger partial charge is 0.497 e. The maximum absolute atomic E-state index is 9.75. The van der Waals surface area contributed by atoms with E-state index in [4.69, 9.17) is 10.1 Å². The molecule has 0 aromatic heterocycles. The Bertz CT molecular complexity index is 342. The Morgan fingerprint density at radius 3 is 1.94 bits per heavy atom. The number of benzene rings is 1. The summed E-state index contributed by atoms with van der Waals surface area (Å²) in [5.74, 6) is 0.772. The first-order chi connectivity index (χ1) is 7.36. The number of rotatable bonds is 2. The highest BCUT2D eigenvalue weighted by molar-refractivity contribution is 6.50. The monoisotopic (exact) mass is 237 g/mol. The Morgan fingerprint density at radius 2 is 1.62 bits per heavy atom. The quantitative estimate of drug-likeness (QED) is 0.372. The molecule has 9 heteroatoms. The summed E-state index contributed by atoms with van der Waals surface area (Å²) in [4.78, 5) is 0. The van der Waals surface area contributed by atoms with E-state index in [1.165, 1.54) is 0 Å². The van der Waals surface area contributed by atoms with E-state index in [0.29, 0.717) is 5.69 Å². The van der Waals surface area contributed by atoms with Crippen molar-refractivity contribution in [1.82, 2.24) is 0 Å². The average Bonchev–Trinajstić information content (AvgIpc) is 2.17. The highest BCUT2D eigenvalue weighted by atomic mass is 19.5. The molecule has 1 rings (SSSR count). The molecule has 0 saturated heterocycles. The lowest BCUT2D eigenvalue weighted by molar-refractivity contribution is 0.368. The molecule has 16 heavy (non-hydrogen) atoms. The van der Waals surface area contributed by atoms with Crippen LogP contribution in [0, 0.1) is 5.39 Å². The van der Waals surface area contributed by atoms with Gasteiger partial charge in [-0.15, -0.1) is 0 Å². The molecule has 0 heterocycles. The third-order valence-corrected chi connectivity index (χ3v) is 1.27. The highest BCUT2D eigenvalue weighted by Gasteiger charge is 2.20. The molecular weight excluding hydrogens is 229 g/mol. The van der Waals surface area contributed by atoms with Gasteiger partial charge in [-0.3, -0.25) is 0 Å². The molecular formula is C7H8BF4N3O. The average molecular weight is 237 g/mol. The van der Waals surface area contributed by atoms with Crippen LogP contribution in [0.1, 0.15) is 0 Å². The predicted molar refractivity (Wildman–Crippen MR) is 51.9 cm³/mol. The minimum atomic E-state index is -6.00. The molecule has 0 atom stereocenters. The molecule has 0 saturated carbocycles. The molecule has 1 N–H and O–H groups in total. The summed E-state index contributed by atoms with van der Waals surface area (Å²) in [6.07, 6.45) is 0. The maximum Gasteiger partial charge on any atom is 0.673 e. The molecule has 0 fully saturated rings. The van der Waals surface area contributed by atoms with Gasteiger partial charge in [0.1, 0.15) is 11.4 Å². The Hall–Kier alpha value is -1.98. The van der Waals surface area contributed by atoms with Gasteiger partial charge in [-0.25, -0.2) is 0 Å². The van der Waals surface area contributed by atoms with E-state index < -0.39 is 7.25 Å². The fourth-order valence-electron chi connectivity index (χ4n) is 0.723. The van der Waals surface area contributed by atoms with Crippen LogP contribution in [0.2, 0.25) is 0 Å². The molecule has 1 aromatic carbocycles. The number of anilines is 1. The zero-order chi connectivity index (χ0) is 12.6. The van der Waals surface area contributed by atoms with Crippen LogP contribution in [0.5, 0.6) is 5.75 Å². The lowest BCUT2D eigenvalue weighted by atomic mass is 10.3. The summed E-state index contributed by atoms with van der Waals surface area (Å²) in [5.41, 5.74) is 3.10. The van der Waals surface area contributed by atoms with Crippen molar-refractivity contribution in [1.29, 1.82) is 5.39 Å². The molecule has 0 spiro atoms. The largest absolute Gasteiger partial charge is 0.673 e. The first-order valence-corrected chi connectivity index (χ1v) is 3.98. The molecule has 0 unspecified atom stereocenters. The topological polar surface area (TPSA) is 49.4 Å².